The van der Waals surface area contributed by atoms with Crippen molar-refractivity contribution < 1.29 is 22.4 Å². The summed E-state index contributed by atoms with van der Waals surface area (Å²) < 4.78 is 43.5. The van der Waals surface area contributed by atoms with Crippen molar-refractivity contribution in [2.75, 3.05) is 10.8 Å². The van der Waals surface area contributed by atoms with Crippen LogP contribution < -0.4 is 9.62 Å². The highest BCUT2D eigenvalue weighted by atomic mass is 32.2. The zero-order valence-electron chi connectivity index (χ0n) is 27.0. The Morgan fingerprint density at radius 2 is 1.46 bits per heavy atom. The third kappa shape index (κ3) is 8.60. The summed E-state index contributed by atoms with van der Waals surface area (Å²) in [5.74, 6) is -1.35. The molecule has 4 aromatic carbocycles. The molecule has 0 fully saturated rings. The fourth-order valence-corrected chi connectivity index (χ4v) is 6.70. The molecule has 2 amide bonds. The predicted molar refractivity (Wildman–Crippen MR) is 180 cm³/mol. The van der Waals surface area contributed by atoms with E-state index in [1.165, 1.54) is 29.2 Å². The molecular weight excluding hydrogens is 601 g/mol. The number of anilines is 1. The lowest BCUT2D eigenvalue weighted by Crippen LogP contribution is -2.54. The van der Waals surface area contributed by atoms with Crippen LogP contribution in [0, 0.1) is 26.6 Å². The van der Waals surface area contributed by atoms with Crippen LogP contribution in [0.3, 0.4) is 0 Å². The lowest BCUT2D eigenvalue weighted by molar-refractivity contribution is -0.140. The van der Waals surface area contributed by atoms with Crippen LogP contribution in [0.2, 0.25) is 0 Å². The van der Waals surface area contributed by atoms with Crippen LogP contribution in [0.1, 0.15) is 48.1 Å². The average molecular weight is 644 g/mol. The van der Waals surface area contributed by atoms with Gasteiger partial charge in [0.2, 0.25) is 11.8 Å². The molecule has 242 valence electrons. The molecule has 0 saturated carbocycles. The van der Waals surface area contributed by atoms with Gasteiger partial charge < -0.3 is 10.2 Å². The number of halogens is 1. The molecule has 0 bridgehead atoms. The predicted octanol–water partition coefficient (Wildman–Crippen LogP) is 6.50. The zero-order chi connectivity index (χ0) is 33.4. The van der Waals surface area contributed by atoms with Crippen molar-refractivity contribution in [3.63, 3.8) is 0 Å². The Hall–Kier alpha value is -4.50. The molecule has 0 aromatic heterocycles. The van der Waals surface area contributed by atoms with Crippen molar-refractivity contribution in [2.45, 2.75) is 71.0 Å². The van der Waals surface area contributed by atoms with Crippen LogP contribution in [0.15, 0.2) is 102 Å². The average Bonchev–Trinajstić information content (AvgIpc) is 3.03. The molecule has 46 heavy (non-hydrogen) atoms. The highest BCUT2D eigenvalue weighted by molar-refractivity contribution is 7.92. The minimum Gasteiger partial charge on any atom is -0.352 e. The van der Waals surface area contributed by atoms with Crippen LogP contribution >= 0.6 is 0 Å². The van der Waals surface area contributed by atoms with Gasteiger partial charge in [-0.1, -0.05) is 84.8 Å². The number of carbonyl (C=O) groups is 2. The van der Waals surface area contributed by atoms with E-state index in [1.54, 1.807) is 43.3 Å². The summed E-state index contributed by atoms with van der Waals surface area (Å²) >= 11 is 0. The molecule has 0 heterocycles. The number of benzene rings is 4. The number of amides is 2. The molecule has 9 heteroatoms. The number of carbonyl (C=O) groups excluding carboxylic acids is 2. The fourth-order valence-electron chi connectivity index (χ4n) is 5.22. The van der Waals surface area contributed by atoms with Crippen molar-refractivity contribution in [2.24, 2.45) is 0 Å². The second-order valence-electron chi connectivity index (χ2n) is 11.8. The van der Waals surface area contributed by atoms with Crippen LogP contribution in [0.25, 0.3) is 0 Å². The highest BCUT2D eigenvalue weighted by Gasteiger charge is 2.35. The SMILES string of the molecule is CC[C@@H](C)NC(=O)[C@@H](Cc1ccccc1)N(Cc1ccc(F)cc1)C(=O)CN(c1ccc(C)cc1C)S(=O)(=O)c1ccc(C)cc1. The van der Waals surface area contributed by atoms with Gasteiger partial charge in [-0.15, -0.1) is 0 Å². The van der Waals surface area contributed by atoms with Crippen molar-refractivity contribution in [3.8, 4) is 0 Å². The lowest BCUT2D eigenvalue weighted by atomic mass is 10.0. The Morgan fingerprint density at radius 1 is 0.826 bits per heavy atom. The molecule has 2 atom stereocenters. The molecule has 0 spiro atoms. The van der Waals surface area contributed by atoms with Gasteiger partial charge in [0.15, 0.2) is 0 Å². The van der Waals surface area contributed by atoms with Crippen molar-refractivity contribution in [3.05, 3.63) is 131 Å². The van der Waals surface area contributed by atoms with Crippen LogP contribution in [-0.4, -0.2) is 43.8 Å². The van der Waals surface area contributed by atoms with E-state index in [2.05, 4.69) is 5.32 Å². The summed E-state index contributed by atoms with van der Waals surface area (Å²) in [6, 6.07) is 25.8. The van der Waals surface area contributed by atoms with E-state index in [0.29, 0.717) is 23.2 Å². The molecule has 0 aliphatic rings. The number of nitrogens with one attached hydrogen (secondary N) is 1. The summed E-state index contributed by atoms with van der Waals surface area (Å²) in [5, 5.41) is 3.02. The van der Waals surface area contributed by atoms with E-state index in [4.69, 9.17) is 0 Å². The molecule has 0 aliphatic carbocycles. The third-order valence-electron chi connectivity index (χ3n) is 8.05. The Bertz CT molecular complexity index is 1740. The van der Waals surface area contributed by atoms with E-state index in [0.717, 1.165) is 21.0 Å². The number of rotatable bonds is 13. The molecule has 0 radical (unpaired) electrons. The highest BCUT2D eigenvalue weighted by Crippen LogP contribution is 2.29. The molecule has 7 nitrogen and oxygen atoms in total. The summed E-state index contributed by atoms with van der Waals surface area (Å²) in [4.78, 5) is 29.9. The topological polar surface area (TPSA) is 86.8 Å². The summed E-state index contributed by atoms with van der Waals surface area (Å²) in [7, 11) is -4.21. The minimum absolute atomic E-state index is 0.0319. The largest absolute Gasteiger partial charge is 0.352 e. The maximum atomic E-state index is 14.6. The van der Waals surface area contributed by atoms with Gasteiger partial charge in [-0.05, 0) is 81.1 Å². The van der Waals surface area contributed by atoms with E-state index in [-0.39, 0.29) is 29.8 Å². The van der Waals surface area contributed by atoms with E-state index < -0.39 is 34.3 Å². The normalized spacial score (nSPS) is 12.7. The van der Waals surface area contributed by atoms with Crippen molar-refractivity contribution in [1.82, 2.24) is 10.2 Å². The molecule has 4 aromatic rings. The maximum absolute atomic E-state index is 14.6. The number of hydrogen-bond acceptors (Lipinski definition) is 4. The standard InChI is InChI=1S/C37H42FN3O4S/c1-6-29(5)39-37(43)35(23-30-10-8-7-9-11-30)40(24-31-15-17-32(38)18-16-31)36(42)25-41(34-21-14-27(3)22-28(34)4)46(44,45)33-19-12-26(2)13-20-33/h7-22,29,35H,6,23-25H2,1-5H3,(H,39,43)/t29-,35-/m1/s1. The second-order valence-corrected chi connectivity index (χ2v) is 13.6. The number of hydrogen-bond donors (Lipinski definition) is 1. The summed E-state index contributed by atoms with van der Waals surface area (Å²) in [6.07, 6.45) is 0.884. The molecule has 1 N–H and O–H groups in total. The van der Waals surface area contributed by atoms with Crippen LogP contribution in [0.5, 0.6) is 0 Å². The lowest BCUT2D eigenvalue weighted by Gasteiger charge is -2.34. The first-order valence-electron chi connectivity index (χ1n) is 15.4. The second kappa shape index (κ2) is 15.2. The van der Waals surface area contributed by atoms with Gasteiger partial charge in [0.05, 0.1) is 10.6 Å². The third-order valence-corrected chi connectivity index (χ3v) is 9.82. The molecule has 4 rings (SSSR count). The number of aryl methyl sites for hydroxylation is 3. The fraction of sp³-hybridized carbons (Fsp3) is 0.297. The van der Waals surface area contributed by atoms with Gasteiger partial charge >= 0.3 is 0 Å². The number of nitrogens with zero attached hydrogens (tertiary/aromatic N) is 2. The van der Waals surface area contributed by atoms with Crippen LogP contribution in [-0.2, 0) is 32.6 Å². The smallest absolute Gasteiger partial charge is 0.264 e. The molecule has 0 aliphatic heterocycles. The minimum atomic E-state index is -4.21. The Labute approximate surface area is 272 Å². The van der Waals surface area contributed by atoms with E-state index >= 15 is 0 Å². The summed E-state index contributed by atoms with van der Waals surface area (Å²) in [5.41, 5.74) is 4.33. The summed E-state index contributed by atoms with van der Waals surface area (Å²) in [6.45, 7) is 8.84. The van der Waals surface area contributed by atoms with Crippen molar-refractivity contribution >= 4 is 27.5 Å². The van der Waals surface area contributed by atoms with E-state index in [1.807, 2.05) is 64.1 Å². The van der Waals surface area contributed by atoms with Crippen molar-refractivity contribution in [1.29, 1.82) is 0 Å². The maximum Gasteiger partial charge on any atom is 0.264 e. The Balaban J connectivity index is 1.83. The van der Waals surface area contributed by atoms with Gasteiger partial charge in [-0.25, -0.2) is 12.8 Å². The number of sulfonamides is 1. The molecular formula is C37H42FN3O4S. The van der Waals surface area contributed by atoms with Gasteiger partial charge in [0.25, 0.3) is 10.0 Å². The Morgan fingerprint density at radius 3 is 2.07 bits per heavy atom. The zero-order valence-corrected chi connectivity index (χ0v) is 27.9. The van der Waals surface area contributed by atoms with Gasteiger partial charge in [0.1, 0.15) is 18.4 Å². The molecule has 0 saturated heterocycles. The van der Waals surface area contributed by atoms with Crippen LogP contribution in [0.4, 0.5) is 10.1 Å². The quantitative estimate of drug-likeness (QED) is 0.180. The first kappa shape index (κ1) is 34.4. The first-order valence-corrected chi connectivity index (χ1v) is 16.9. The van der Waals surface area contributed by atoms with Gasteiger partial charge in [0, 0.05) is 19.0 Å². The molecule has 0 unspecified atom stereocenters. The van der Waals surface area contributed by atoms with Gasteiger partial charge in [-0.3, -0.25) is 13.9 Å². The monoisotopic (exact) mass is 643 g/mol. The van der Waals surface area contributed by atoms with E-state index in [9.17, 15) is 22.4 Å². The van der Waals surface area contributed by atoms with Gasteiger partial charge in [-0.2, -0.15) is 0 Å². The first-order chi connectivity index (χ1) is 21.9. The Kier molecular flexibility index (Phi) is 11.4.